The van der Waals surface area contributed by atoms with Gasteiger partial charge in [-0.15, -0.1) is 6.58 Å². The number of nitrogens with zero attached hydrogens (tertiary/aromatic N) is 1. The maximum Gasteiger partial charge on any atom is 0.355 e. The van der Waals surface area contributed by atoms with Gasteiger partial charge in [0.15, 0.2) is 5.78 Å². The molecule has 3 unspecified atom stereocenters. The molecule has 0 bridgehead atoms. The van der Waals surface area contributed by atoms with Crippen molar-refractivity contribution in [1.82, 2.24) is 4.90 Å². The lowest BCUT2D eigenvalue weighted by atomic mass is 9.74. The van der Waals surface area contributed by atoms with Gasteiger partial charge >= 0.3 is 11.9 Å². The summed E-state index contributed by atoms with van der Waals surface area (Å²) in [6.45, 7) is 10.5. The number of hydrogen-bond acceptors (Lipinski definition) is 8. The lowest BCUT2D eigenvalue weighted by Gasteiger charge is -2.47. The molecule has 1 fully saturated rings. The lowest BCUT2D eigenvalue weighted by molar-refractivity contribution is -0.271. The Labute approximate surface area is 257 Å². The third kappa shape index (κ3) is 4.96. The van der Waals surface area contributed by atoms with E-state index in [0.717, 1.165) is 15.6 Å². The van der Waals surface area contributed by atoms with Crippen molar-refractivity contribution in [3.05, 3.63) is 89.7 Å². The molecule has 9 nitrogen and oxygen atoms in total. The fourth-order valence-electron chi connectivity index (χ4n) is 5.91. The predicted octanol–water partition coefficient (Wildman–Crippen LogP) is 4.97. The van der Waals surface area contributed by atoms with Crippen molar-refractivity contribution < 1.29 is 38.4 Å². The van der Waals surface area contributed by atoms with Gasteiger partial charge in [0.25, 0.3) is 0 Å². The minimum Gasteiger partial charge on any atom is -0.488 e. The fraction of sp³-hybridized carbons (Fsp3) is 0.312. The van der Waals surface area contributed by atoms with E-state index in [1.807, 2.05) is 25.1 Å². The molecule has 5 rings (SSSR count). The molecular formula is C32H30INO8. The van der Waals surface area contributed by atoms with Crippen molar-refractivity contribution in [3.63, 3.8) is 0 Å². The number of ether oxygens (including phenoxy) is 2. The van der Waals surface area contributed by atoms with Crippen LogP contribution in [0.1, 0.15) is 35.3 Å². The quantitative estimate of drug-likeness (QED) is 0.0385. The smallest absolute Gasteiger partial charge is 0.355 e. The largest absolute Gasteiger partial charge is 0.488 e. The molecule has 0 N–H and O–H groups in total. The van der Waals surface area contributed by atoms with Gasteiger partial charge in [-0.1, -0.05) is 79.4 Å². The summed E-state index contributed by atoms with van der Waals surface area (Å²) in [5.74, 6) is -3.18. The normalized spacial score (nSPS) is 20.7. The second-order valence-electron chi connectivity index (χ2n) is 10.3. The topological polar surface area (TPSA) is 108 Å². The van der Waals surface area contributed by atoms with Gasteiger partial charge in [0.05, 0.1) is 17.9 Å². The predicted molar refractivity (Wildman–Crippen MR) is 161 cm³/mol. The van der Waals surface area contributed by atoms with E-state index in [4.69, 9.17) is 19.2 Å². The Morgan fingerprint density at radius 2 is 1.83 bits per heavy atom. The fourth-order valence-corrected chi connectivity index (χ4v) is 6.38. The minimum atomic E-state index is -0.816. The molecular weight excluding hydrogens is 653 g/mol. The van der Waals surface area contributed by atoms with Crippen LogP contribution in [0.3, 0.4) is 0 Å². The molecule has 1 aliphatic carbocycles. The number of carbonyl (C=O) groups is 4. The van der Waals surface area contributed by atoms with Gasteiger partial charge in [-0.25, -0.2) is 9.59 Å². The molecule has 4 atom stereocenters. The number of benzene rings is 2. The molecule has 10 heteroatoms. The second-order valence-corrected chi connectivity index (χ2v) is 11.1. The van der Waals surface area contributed by atoms with Crippen molar-refractivity contribution in [2.45, 2.75) is 24.3 Å². The first-order valence-electron chi connectivity index (χ1n) is 13.5. The van der Waals surface area contributed by atoms with Gasteiger partial charge in [-0.2, -0.15) is 4.89 Å². The number of halogens is 1. The summed E-state index contributed by atoms with van der Waals surface area (Å²) in [4.78, 5) is 63.4. The summed E-state index contributed by atoms with van der Waals surface area (Å²) in [7, 11) is 0. The average molecular weight is 683 g/mol. The first-order chi connectivity index (χ1) is 20.2. The standard InChI is InChI=1S/C32H30INO8/c1-5-12-39-32(38)28-23(17(3)27-25(30(36)34(27)28)18(4)31(37)42-41-13-6-2)16-40-24-9-7-8-21-26(24)20-11-10-19(15-33)14-22(20)29(21)35/h5-11,14,17-18,25,27H,1-2,12-13,15-16H2,3-4H3/t17-,18?,25?,27?/m0/s1. The molecule has 0 aromatic heterocycles. The second kappa shape index (κ2) is 12.2. The number of alkyl halides is 1. The van der Waals surface area contributed by atoms with Crippen LogP contribution in [-0.4, -0.2) is 54.4 Å². The lowest BCUT2D eigenvalue weighted by Crippen LogP contribution is -2.63. The first kappa shape index (κ1) is 29.7. The number of β-lactam (4-membered cyclic amide) rings is 1. The molecule has 1 amide bonds. The van der Waals surface area contributed by atoms with E-state index in [1.54, 1.807) is 25.1 Å². The SMILES string of the molecule is C=CCOOC(=O)C(C)C1C(=O)N2C(C(=O)OCC=C)=C(COc3cccc4c3-c3ccc(CI)cc3C4=O)[C@H](C)C12. The third-order valence-electron chi connectivity index (χ3n) is 7.96. The molecule has 3 aliphatic rings. The maximum atomic E-state index is 13.4. The van der Waals surface area contributed by atoms with E-state index < -0.39 is 29.8 Å². The van der Waals surface area contributed by atoms with Crippen LogP contribution in [0.2, 0.25) is 0 Å². The Balaban J connectivity index is 1.44. The zero-order valence-corrected chi connectivity index (χ0v) is 25.4. The van der Waals surface area contributed by atoms with E-state index in [2.05, 4.69) is 35.7 Å². The van der Waals surface area contributed by atoms with Gasteiger partial charge in [-0.05, 0) is 23.3 Å². The summed E-state index contributed by atoms with van der Waals surface area (Å²) < 4.78 is 12.4. The molecule has 2 heterocycles. The van der Waals surface area contributed by atoms with Gasteiger partial charge in [0.1, 0.15) is 31.3 Å². The Kier molecular flexibility index (Phi) is 8.65. The monoisotopic (exact) mass is 683 g/mol. The summed E-state index contributed by atoms with van der Waals surface area (Å²) in [6.07, 6.45) is 2.88. The van der Waals surface area contributed by atoms with Crippen molar-refractivity contribution in [2.24, 2.45) is 17.8 Å². The highest BCUT2D eigenvalue weighted by Crippen LogP contribution is 2.50. The highest BCUT2D eigenvalue weighted by atomic mass is 127. The van der Waals surface area contributed by atoms with E-state index in [-0.39, 0.29) is 43.1 Å². The molecule has 2 aliphatic heterocycles. The first-order valence-corrected chi connectivity index (χ1v) is 15.1. The molecule has 2 aromatic carbocycles. The number of carbonyl (C=O) groups excluding carboxylic acids is 4. The number of rotatable bonds is 12. The van der Waals surface area contributed by atoms with Crippen LogP contribution in [0, 0.1) is 17.8 Å². The number of fused-ring (bicyclic) bond motifs is 4. The highest BCUT2D eigenvalue weighted by Gasteiger charge is 2.61. The van der Waals surface area contributed by atoms with E-state index >= 15 is 0 Å². The van der Waals surface area contributed by atoms with E-state index in [1.165, 1.54) is 17.1 Å². The number of ketones is 1. The Bertz CT molecular complexity index is 1530. The number of hydrogen-bond donors (Lipinski definition) is 0. The number of esters is 1. The zero-order chi connectivity index (χ0) is 30.1. The zero-order valence-electron chi connectivity index (χ0n) is 23.3. The van der Waals surface area contributed by atoms with Gasteiger partial charge < -0.3 is 14.4 Å². The van der Waals surface area contributed by atoms with Crippen LogP contribution in [0.5, 0.6) is 5.75 Å². The van der Waals surface area contributed by atoms with Crippen molar-refractivity contribution in [2.75, 3.05) is 19.8 Å². The molecule has 2 aromatic rings. The average Bonchev–Trinajstić information content (AvgIpc) is 3.42. The summed E-state index contributed by atoms with van der Waals surface area (Å²) in [5.41, 5.74) is 4.41. The van der Waals surface area contributed by atoms with Crippen LogP contribution in [-0.2, 0) is 33.3 Å². The molecule has 42 heavy (non-hydrogen) atoms. The van der Waals surface area contributed by atoms with Crippen LogP contribution in [0.4, 0.5) is 0 Å². The summed E-state index contributed by atoms with van der Waals surface area (Å²) >= 11 is 2.26. The molecule has 0 saturated carbocycles. The minimum absolute atomic E-state index is 0.0179. The van der Waals surface area contributed by atoms with E-state index in [0.29, 0.717) is 28.0 Å². The van der Waals surface area contributed by atoms with E-state index in [9.17, 15) is 19.2 Å². The van der Waals surface area contributed by atoms with Crippen LogP contribution >= 0.6 is 22.6 Å². The molecule has 0 radical (unpaired) electrons. The molecule has 0 spiro atoms. The van der Waals surface area contributed by atoms with Crippen molar-refractivity contribution >= 4 is 46.2 Å². The van der Waals surface area contributed by atoms with Gasteiger partial charge in [-0.3, -0.25) is 14.5 Å². The van der Waals surface area contributed by atoms with Crippen molar-refractivity contribution in [3.8, 4) is 16.9 Å². The molecule has 218 valence electrons. The number of amides is 1. The summed E-state index contributed by atoms with van der Waals surface area (Å²) in [5, 5.41) is 0. The van der Waals surface area contributed by atoms with Crippen LogP contribution in [0.15, 0.2) is 73.0 Å². The highest BCUT2D eigenvalue weighted by molar-refractivity contribution is 14.1. The maximum absolute atomic E-state index is 13.4. The van der Waals surface area contributed by atoms with Gasteiger partial charge in [0, 0.05) is 32.6 Å². The molecule has 1 saturated heterocycles. The van der Waals surface area contributed by atoms with Crippen LogP contribution < -0.4 is 4.74 Å². The summed E-state index contributed by atoms with van der Waals surface area (Å²) in [6, 6.07) is 10.7. The Morgan fingerprint density at radius 3 is 2.55 bits per heavy atom. The third-order valence-corrected chi connectivity index (χ3v) is 8.85. The van der Waals surface area contributed by atoms with Gasteiger partial charge in [0.2, 0.25) is 5.91 Å². The van der Waals surface area contributed by atoms with Crippen molar-refractivity contribution in [1.29, 1.82) is 0 Å². The Hall–Kier alpha value is -3.77. The Morgan fingerprint density at radius 1 is 1.07 bits per heavy atom. The van der Waals surface area contributed by atoms with Crippen LogP contribution in [0.25, 0.3) is 11.1 Å².